The lowest BCUT2D eigenvalue weighted by molar-refractivity contribution is -0.00948. The first-order valence-corrected chi connectivity index (χ1v) is 5.80. The average molecular weight is 224 g/mol. The standard InChI is InChI=1S/C12H14ClNO/c13-10-2-1-8-4-11(5-9(8)3-10)14-12-6-15-7-12/h1-3,11-12,14H,4-7H2. The van der Waals surface area contributed by atoms with E-state index in [4.69, 9.17) is 16.3 Å². The van der Waals surface area contributed by atoms with Gasteiger partial charge in [-0.25, -0.2) is 0 Å². The molecule has 1 aliphatic carbocycles. The van der Waals surface area contributed by atoms with Gasteiger partial charge in [-0.2, -0.15) is 0 Å². The van der Waals surface area contributed by atoms with Crippen molar-refractivity contribution >= 4 is 11.6 Å². The molecule has 1 heterocycles. The molecule has 1 unspecified atom stereocenters. The molecule has 1 saturated heterocycles. The van der Waals surface area contributed by atoms with E-state index in [0.717, 1.165) is 31.1 Å². The summed E-state index contributed by atoms with van der Waals surface area (Å²) in [6, 6.07) is 7.37. The van der Waals surface area contributed by atoms with Gasteiger partial charge in [-0.3, -0.25) is 0 Å². The topological polar surface area (TPSA) is 21.3 Å². The molecule has 1 aliphatic heterocycles. The van der Waals surface area contributed by atoms with Crippen LogP contribution in [0.25, 0.3) is 0 Å². The Balaban J connectivity index is 1.68. The average Bonchev–Trinajstić information content (AvgIpc) is 2.53. The molecule has 0 amide bonds. The van der Waals surface area contributed by atoms with Crippen molar-refractivity contribution in [1.82, 2.24) is 5.32 Å². The van der Waals surface area contributed by atoms with Crippen LogP contribution < -0.4 is 5.32 Å². The van der Waals surface area contributed by atoms with Gasteiger partial charge in [0.1, 0.15) is 0 Å². The Labute approximate surface area is 94.6 Å². The summed E-state index contributed by atoms with van der Waals surface area (Å²) < 4.78 is 5.16. The maximum atomic E-state index is 5.97. The molecule has 2 aliphatic rings. The van der Waals surface area contributed by atoms with Gasteiger partial charge in [0.05, 0.1) is 19.3 Å². The molecule has 0 radical (unpaired) electrons. The molecule has 1 fully saturated rings. The first-order chi connectivity index (χ1) is 7.31. The first-order valence-electron chi connectivity index (χ1n) is 5.42. The Hall–Kier alpha value is -0.570. The van der Waals surface area contributed by atoms with Gasteiger partial charge >= 0.3 is 0 Å². The molecule has 3 rings (SSSR count). The Morgan fingerprint density at radius 1 is 1.13 bits per heavy atom. The summed E-state index contributed by atoms with van der Waals surface area (Å²) >= 11 is 5.97. The maximum absolute atomic E-state index is 5.97. The SMILES string of the molecule is Clc1ccc2c(c1)CC(NC1COC1)C2. The van der Waals surface area contributed by atoms with Crippen LogP contribution in [0.4, 0.5) is 0 Å². The molecule has 0 aromatic heterocycles. The highest BCUT2D eigenvalue weighted by atomic mass is 35.5. The van der Waals surface area contributed by atoms with E-state index in [1.807, 2.05) is 6.07 Å². The van der Waals surface area contributed by atoms with Crippen molar-refractivity contribution in [2.75, 3.05) is 13.2 Å². The summed E-state index contributed by atoms with van der Waals surface area (Å²) in [6.07, 6.45) is 2.23. The van der Waals surface area contributed by atoms with Gasteiger partial charge < -0.3 is 10.1 Å². The van der Waals surface area contributed by atoms with Gasteiger partial charge in [0.25, 0.3) is 0 Å². The highest BCUT2D eigenvalue weighted by Gasteiger charge is 2.26. The third kappa shape index (κ3) is 1.89. The minimum atomic E-state index is 0.569. The van der Waals surface area contributed by atoms with Crippen LogP contribution in [0.3, 0.4) is 0 Å². The highest BCUT2D eigenvalue weighted by molar-refractivity contribution is 6.30. The van der Waals surface area contributed by atoms with Crippen molar-refractivity contribution in [3.8, 4) is 0 Å². The molecule has 1 atom stereocenters. The molecule has 2 nitrogen and oxygen atoms in total. The Kier molecular flexibility index (Phi) is 2.43. The Bertz CT molecular complexity index is 376. The fourth-order valence-electron chi connectivity index (χ4n) is 2.37. The summed E-state index contributed by atoms with van der Waals surface area (Å²) in [6.45, 7) is 1.74. The molecule has 80 valence electrons. The predicted molar refractivity (Wildman–Crippen MR) is 60.4 cm³/mol. The van der Waals surface area contributed by atoms with E-state index in [2.05, 4.69) is 17.4 Å². The van der Waals surface area contributed by atoms with Crippen LogP contribution in [0.2, 0.25) is 5.02 Å². The third-order valence-corrected chi connectivity index (χ3v) is 3.45. The van der Waals surface area contributed by atoms with Gasteiger partial charge in [-0.05, 0) is 36.1 Å². The number of hydrogen-bond acceptors (Lipinski definition) is 2. The van der Waals surface area contributed by atoms with Crippen molar-refractivity contribution < 1.29 is 4.74 Å². The zero-order chi connectivity index (χ0) is 10.3. The Morgan fingerprint density at radius 2 is 1.93 bits per heavy atom. The number of benzene rings is 1. The zero-order valence-corrected chi connectivity index (χ0v) is 9.26. The summed E-state index contributed by atoms with van der Waals surface area (Å²) in [5, 5.41) is 4.46. The molecule has 1 aromatic carbocycles. The summed E-state index contributed by atoms with van der Waals surface area (Å²) in [4.78, 5) is 0. The van der Waals surface area contributed by atoms with Crippen molar-refractivity contribution in [1.29, 1.82) is 0 Å². The van der Waals surface area contributed by atoms with E-state index in [9.17, 15) is 0 Å². The van der Waals surface area contributed by atoms with Crippen molar-refractivity contribution in [2.24, 2.45) is 0 Å². The minimum Gasteiger partial charge on any atom is -0.378 e. The smallest absolute Gasteiger partial charge is 0.0643 e. The van der Waals surface area contributed by atoms with Crippen LogP contribution >= 0.6 is 11.6 Å². The molecule has 1 aromatic rings. The number of nitrogens with one attached hydrogen (secondary N) is 1. The van der Waals surface area contributed by atoms with E-state index in [1.165, 1.54) is 11.1 Å². The molecule has 0 saturated carbocycles. The lowest BCUT2D eigenvalue weighted by Crippen LogP contribution is -2.50. The van der Waals surface area contributed by atoms with Crippen LogP contribution in [-0.4, -0.2) is 25.3 Å². The first kappa shape index (κ1) is 9.64. The van der Waals surface area contributed by atoms with Crippen LogP contribution in [0.1, 0.15) is 11.1 Å². The molecule has 15 heavy (non-hydrogen) atoms. The summed E-state index contributed by atoms with van der Waals surface area (Å²) in [7, 11) is 0. The van der Waals surface area contributed by atoms with Crippen LogP contribution in [0, 0.1) is 0 Å². The fourth-order valence-corrected chi connectivity index (χ4v) is 2.56. The molecule has 0 bridgehead atoms. The third-order valence-electron chi connectivity index (χ3n) is 3.21. The van der Waals surface area contributed by atoms with Crippen LogP contribution in [-0.2, 0) is 17.6 Å². The normalized spacial score (nSPS) is 25.0. The second-order valence-electron chi connectivity index (χ2n) is 4.42. The molecular formula is C12H14ClNO. The zero-order valence-electron chi connectivity index (χ0n) is 8.50. The quantitative estimate of drug-likeness (QED) is 0.826. The second kappa shape index (κ2) is 3.78. The van der Waals surface area contributed by atoms with Crippen molar-refractivity contribution in [3.63, 3.8) is 0 Å². The largest absolute Gasteiger partial charge is 0.378 e. The maximum Gasteiger partial charge on any atom is 0.0643 e. The summed E-state index contributed by atoms with van der Waals surface area (Å²) in [5.41, 5.74) is 2.84. The molecule has 3 heteroatoms. The van der Waals surface area contributed by atoms with Crippen LogP contribution in [0.15, 0.2) is 18.2 Å². The van der Waals surface area contributed by atoms with Gasteiger partial charge in [0.2, 0.25) is 0 Å². The monoisotopic (exact) mass is 223 g/mol. The van der Waals surface area contributed by atoms with Crippen molar-refractivity contribution in [3.05, 3.63) is 34.3 Å². The number of halogens is 1. The lowest BCUT2D eigenvalue weighted by Gasteiger charge is -2.29. The van der Waals surface area contributed by atoms with Gasteiger partial charge in [-0.15, -0.1) is 0 Å². The predicted octanol–water partition coefficient (Wildman–Crippen LogP) is 1.80. The minimum absolute atomic E-state index is 0.569. The van der Waals surface area contributed by atoms with E-state index in [1.54, 1.807) is 0 Å². The van der Waals surface area contributed by atoms with E-state index in [0.29, 0.717) is 12.1 Å². The lowest BCUT2D eigenvalue weighted by atomic mass is 10.1. The van der Waals surface area contributed by atoms with Gasteiger partial charge in [0.15, 0.2) is 0 Å². The number of ether oxygens (including phenoxy) is 1. The number of hydrogen-bond donors (Lipinski definition) is 1. The second-order valence-corrected chi connectivity index (χ2v) is 4.86. The summed E-state index contributed by atoms with van der Waals surface area (Å²) in [5.74, 6) is 0. The van der Waals surface area contributed by atoms with Gasteiger partial charge in [0, 0.05) is 11.1 Å². The highest BCUT2D eigenvalue weighted by Crippen LogP contribution is 2.25. The number of rotatable bonds is 2. The Morgan fingerprint density at radius 3 is 2.67 bits per heavy atom. The van der Waals surface area contributed by atoms with E-state index < -0.39 is 0 Å². The van der Waals surface area contributed by atoms with Crippen molar-refractivity contribution in [2.45, 2.75) is 24.9 Å². The molecular weight excluding hydrogens is 210 g/mol. The fraction of sp³-hybridized carbons (Fsp3) is 0.500. The van der Waals surface area contributed by atoms with Gasteiger partial charge in [-0.1, -0.05) is 17.7 Å². The van der Waals surface area contributed by atoms with E-state index in [-0.39, 0.29) is 0 Å². The van der Waals surface area contributed by atoms with E-state index >= 15 is 0 Å². The number of fused-ring (bicyclic) bond motifs is 1. The molecule has 0 spiro atoms. The van der Waals surface area contributed by atoms with Crippen LogP contribution in [0.5, 0.6) is 0 Å². The molecule has 1 N–H and O–H groups in total.